The van der Waals surface area contributed by atoms with Crippen LogP contribution in [0, 0.1) is 0 Å². The smallest absolute Gasteiger partial charge is 0.00158 e. The van der Waals surface area contributed by atoms with Gasteiger partial charge in [-0.15, -0.1) is 0 Å². The molecule has 0 rings (SSSR count). The third-order valence-electron chi connectivity index (χ3n) is 1.83. The van der Waals surface area contributed by atoms with Crippen molar-refractivity contribution in [2.75, 3.05) is 19.6 Å². The van der Waals surface area contributed by atoms with Gasteiger partial charge in [0, 0.05) is 6.54 Å². The molecule has 0 saturated heterocycles. The van der Waals surface area contributed by atoms with E-state index in [0.717, 1.165) is 0 Å². The standard InChI is InChI=1S/C10H21N/c1-4-7-8-10-11(6-3)9-5-2/h4,7H,5-6,8-10H2,1-3H3/b7-4-. The summed E-state index contributed by atoms with van der Waals surface area (Å²) in [6.07, 6.45) is 6.83. The van der Waals surface area contributed by atoms with Crippen molar-refractivity contribution in [3.05, 3.63) is 12.2 Å². The topological polar surface area (TPSA) is 3.24 Å². The van der Waals surface area contributed by atoms with Gasteiger partial charge in [0.15, 0.2) is 0 Å². The van der Waals surface area contributed by atoms with E-state index in [9.17, 15) is 0 Å². The first-order chi connectivity index (χ1) is 5.35. The van der Waals surface area contributed by atoms with Crippen molar-refractivity contribution in [1.82, 2.24) is 4.90 Å². The molecule has 0 bridgehead atoms. The van der Waals surface area contributed by atoms with Crippen LogP contribution >= 0.6 is 0 Å². The molecular weight excluding hydrogens is 134 g/mol. The van der Waals surface area contributed by atoms with E-state index in [2.05, 4.69) is 37.8 Å². The van der Waals surface area contributed by atoms with Gasteiger partial charge in [0.2, 0.25) is 0 Å². The summed E-state index contributed by atoms with van der Waals surface area (Å²) in [7, 11) is 0. The third-order valence-corrected chi connectivity index (χ3v) is 1.83. The van der Waals surface area contributed by atoms with Gasteiger partial charge in [-0.25, -0.2) is 0 Å². The maximum absolute atomic E-state index is 2.49. The van der Waals surface area contributed by atoms with Crippen LogP contribution in [0.5, 0.6) is 0 Å². The Kier molecular flexibility index (Phi) is 7.59. The molecule has 0 aromatic heterocycles. The number of allylic oxidation sites excluding steroid dienone is 1. The monoisotopic (exact) mass is 155 g/mol. The highest BCUT2D eigenvalue weighted by molar-refractivity contribution is 4.77. The van der Waals surface area contributed by atoms with Gasteiger partial charge in [0.25, 0.3) is 0 Å². The lowest BCUT2D eigenvalue weighted by atomic mass is 10.3. The van der Waals surface area contributed by atoms with Crippen molar-refractivity contribution in [2.45, 2.75) is 33.6 Å². The van der Waals surface area contributed by atoms with E-state index >= 15 is 0 Å². The van der Waals surface area contributed by atoms with Crippen molar-refractivity contribution in [1.29, 1.82) is 0 Å². The normalized spacial score (nSPS) is 11.6. The average Bonchev–Trinajstić information content (AvgIpc) is 2.03. The molecule has 0 spiro atoms. The van der Waals surface area contributed by atoms with Crippen molar-refractivity contribution < 1.29 is 0 Å². The molecule has 1 nitrogen and oxygen atoms in total. The van der Waals surface area contributed by atoms with Crippen LogP contribution in [0.3, 0.4) is 0 Å². The maximum atomic E-state index is 2.49. The Morgan fingerprint density at radius 2 is 1.91 bits per heavy atom. The quantitative estimate of drug-likeness (QED) is 0.533. The highest BCUT2D eigenvalue weighted by Gasteiger charge is 1.96. The fourth-order valence-electron chi connectivity index (χ4n) is 1.17. The van der Waals surface area contributed by atoms with Crippen molar-refractivity contribution in [2.24, 2.45) is 0 Å². The summed E-state index contributed by atoms with van der Waals surface area (Å²) in [5.41, 5.74) is 0. The second kappa shape index (κ2) is 7.80. The summed E-state index contributed by atoms with van der Waals surface area (Å²) in [6, 6.07) is 0. The molecule has 0 radical (unpaired) electrons. The number of nitrogens with zero attached hydrogens (tertiary/aromatic N) is 1. The van der Waals surface area contributed by atoms with Gasteiger partial charge >= 0.3 is 0 Å². The SMILES string of the molecule is C/C=C\CCN(CC)CCC. The fourth-order valence-corrected chi connectivity index (χ4v) is 1.17. The van der Waals surface area contributed by atoms with Crippen LogP contribution < -0.4 is 0 Å². The molecule has 1 heteroatoms. The minimum absolute atomic E-state index is 1.19. The molecule has 0 N–H and O–H groups in total. The van der Waals surface area contributed by atoms with E-state index in [4.69, 9.17) is 0 Å². The zero-order valence-corrected chi connectivity index (χ0v) is 8.14. The molecule has 66 valence electrons. The molecule has 0 unspecified atom stereocenters. The molecule has 0 aliphatic heterocycles. The van der Waals surface area contributed by atoms with Crippen LogP contribution in [-0.4, -0.2) is 24.5 Å². The molecule has 0 aliphatic rings. The molecule has 0 aliphatic carbocycles. The van der Waals surface area contributed by atoms with E-state index in [0.29, 0.717) is 0 Å². The summed E-state index contributed by atoms with van der Waals surface area (Å²) < 4.78 is 0. The summed E-state index contributed by atoms with van der Waals surface area (Å²) >= 11 is 0. The van der Waals surface area contributed by atoms with Crippen molar-refractivity contribution in [3.63, 3.8) is 0 Å². The highest BCUT2D eigenvalue weighted by atomic mass is 15.1. The Balaban J connectivity index is 3.35. The van der Waals surface area contributed by atoms with Gasteiger partial charge in [0.05, 0.1) is 0 Å². The fraction of sp³-hybridized carbons (Fsp3) is 0.800. The molecule has 0 amide bonds. The van der Waals surface area contributed by atoms with Gasteiger partial charge in [-0.05, 0) is 32.9 Å². The summed E-state index contributed by atoms with van der Waals surface area (Å²) in [6.45, 7) is 10.2. The lowest BCUT2D eigenvalue weighted by Gasteiger charge is -2.17. The highest BCUT2D eigenvalue weighted by Crippen LogP contribution is 1.93. The number of hydrogen-bond acceptors (Lipinski definition) is 1. The van der Waals surface area contributed by atoms with Crippen LogP contribution in [-0.2, 0) is 0 Å². The first kappa shape index (κ1) is 10.7. The van der Waals surface area contributed by atoms with Gasteiger partial charge < -0.3 is 4.90 Å². The Morgan fingerprint density at radius 3 is 2.36 bits per heavy atom. The van der Waals surface area contributed by atoms with Crippen LogP contribution in [0.2, 0.25) is 0 Å². The van der Waals surface area contributed by atoms with Crippen LogP contribution in [0.15, 0.2) is 12.2 Å². The molecule has 0 fully saturated rings. The van der Waals surface area contributed by atoms with Gasteiger partial charge in [-0.3, -0.25) is 0 Å². The molecule has 0 aromatic rings. The van der Waals surface area contributed by atoms with Gasteiger partial charge in [-0.1, -0.05) is 26.0 Å². The zero-order valence-electron chi connectivity index (χ0n) is 8.14. The van der Waals surface area contributed by atoms with Crippen molar-refractivity contribution in [3.8, 4) is 0 Å². The number of hydrogen-bond donors (Lipinski definition) is 0. The second-order valence-electron chi connectivity index (χ2n) is 2.79. The molecule has 0 aromatic carbocycles. The largest absolute Gasteiger partial charge is 0.303 e. The summed E-state index contributed by atoms with van der Waals surface area (Å²) in [5, 5.41) is 0. The molecule has 11 heavy (non-hydrogen) atoms. The van der Waals surface area contributed by atoms with Crippen LogP contribution in [0.1, 0.15) is 33.6 Å². The van der Waals surface area contributed by atoms with E-state index in [1.54, 1.807) is 0 Å². The Bertz CT molecular complexity index is 97.0. The predicted molar refractivity (Wildman–Crippen MR) is 51.8 cm³/mol. The lowest BCUT2D eigenvalue weighted by molar-refractivity contribution is 0.294. The molecule has 0 atom stereocenters. The summed E-state index contributed by atoms with van der Waals surface area (Å²) in [5.74, 6) is 0. The van der Waals surface area contributed by atoms with Crippen molar-refractivity contribution >= 4 is 0 Å². The first-order valence-corrected chi connectivity index (χ1v) is 4.68. The maximum Gasteiger partial charge on any atom is 0.00158 e. The Morgan fingerprint density at radius 1 is 1.18 bits per heavy atom. The molecular formula is C10H21N. The molecule has 0 heterocycles. The average molecular weight is 155 g/mol. The minimum atomic E-state index is 1.19. The second-order valence-corrected chi connectivity index (χ2v) is 2.79. The first-order valence-electron chi connectivity index (χ1n) is 4.68. The predicted octanol–water partition coefficient (Wildman–Crippen LogP) is 2.68. The van der Waals surface area contributed by atoms with Gasteiger partial charge in [0.1, 0.15) is 0 Å². The Labute approximate surface area is 71.1 Å². The zero-order chi connectivity index (χ0) is 8.53. The third kappa shape index (κ3) is 6.11. The molecule has 0 saturated carbocycles. The number of rotatable bonds is 6. The van der Waals surface area contributed by atoms with Crippen LogP contribution in [0.4, 0.5) is 0 Å². The minimum Gasteiger partial charge on any atom is -0.303 e. The van der Waals surface area contributed by atoms with E-state index in [-0.39, 0.29) is 0 Å². The summed E-state index contributed by atoms with van der Waals surface area (Å²) in [4.78, 5) is 2.49. The Hall–Kier alpha value is -0.300. The van der Waals surface area contributed by atoms with E-state index in [1.807, 2.05) is 0 Å². The van der Waals surface area contributed by atoms with Gasteiger partial charge in [-0.2, -0.15) is 0 Å². The van der Waals surface area contributed by atoms with E-state index < -0.39 is 0 Å². The lowest BCUT2D eigenvalue weighted by Crippen LogP contribution is -2.24. The van der Waals surface area contributed by atoms with Crippen LogP contribution in [0.25, 0.3) is 0 Å². The van der Waals surface area contributed by atoms with E-state index in [1.165, 1.54) is 32.5 Å².